The molecule has 0 aliphatic rings. The molecule has 0 saturated carbocycles. The van der Waals surface area contributed by atoms with Gasteiger partial charge in [-0.05, 0) is 18.3 Å². The molecule has 0 heterocycles. The summed E-state index contributed by atoms with van der Waals surface area (Å²) in [6.45, 7) is 11.6. The summed E-state index contributed by atoms with van der Waals surface area (Å²) in [4.78, 5) is 22.0. The molecule has 2 atom stereocenters. The Bertz CT molecular complexity index is 279. The van der Waals surface area contributed by atoms with Gasteiger partial charge in [0.2, 0.25) is 0 Å². The van der Waals surface area contributed by atoms with E-state index in [1.165, 1.54) is 0 Å². The van der Waals surface area contributed by atoms with Crippen LogP contribution in [0.3, 0.4) is 0 Å². The van der Waals surface area contributed by atoms with Gasteiger partial charge in [-0.3, -0.25) is 0 Å². The first kappa shape index (κ1) is 17.4. The lowest BCUT2D eigenvalue weighted by Crippen LogP contribution is -2.19. The summed E-state index contributed by atoms with van der Waals surface area (Å²) in [5.41, 5.74) is 0. The average molecular weight is 268 g/mol. The topological polar surface area (TPSA) is 52.6 Å². The van der Waals surface area contributed by atoms with Crippen LogP contribution in [0.1, 0.15) is 33.1 Å². The zero-order valence-corrected chi connectivity index (χ0v) is 11.9. The second kappa shape index (κ2) is 10.4. The Morgan fingerprint density at radius 1 is 0.947 bits per heavy atom. The lowest BCUT2D eigenvalue weighted by Gasteiger charge is -2.21. The van der Waals surface area contributed by atoms with Crippen molar-refractivity contribution < 1.29 is 19.1 Å². The van der Waals surface area contributed by atoms with E-state index in [1.54, 1.807) is 0 Å². The van der Waals surface area contributed by atoms with Crippen LogP contribution in [0.25, 0.3) is 0 Å². The molecule has 0 aromatic rings. The molecule has 0 saturated heterocycles. The molecule has 2 unspecified atom stereocenters. The van der Waals surface area contributed by atoms with Crippen molar-refractivity contribution >= 4 is 11.9 Å². The van der Waals surface area contributed by atoms with Crippen LogP contribution in [0.2, 0.25) is 0 Å². The van der Waals surface area contributed by atoms with Gasteiger partial charge >= 0.3 is 11.9 Å². The molecule has 0 aromatic heterocycles. The van der Waals surface area contributed by atoms with Crippen molar-refractivity contribution in [3.63, 3.8) is 0 Å². The lowest BCUT2D eigenvalue weighted by atomic mass is 9.92. The molecule has 0 aromatic carbocycles. The molecule has 108 valence electrons. The fourth-order valence-electron chi connectivity index (χ4n) is 1.69. The van der Waals surface area contributed by atoms with E-state index < -0.39 is 11.9 Å². The van der Waals surface area contributed by atoms with Gasteiger partial charge in [0.15, 0.2) is 0 Å². The molecule has 0 aliphatic carbocycles. The molecule has 0 bridgehead atoms. The third-order valence-electron chi connectivity index (χ3n) is 3.08. The van der Waals surface area contributed by atoms with E-state index >= 15 is 0 Å². The van der Waals surface area contributed by atoms with Crippen molar-refractivity contribution in [1.82, 2.24) is 0 Å². The predicted octanol–water partition coefficient (Wildman–Crippen LogP) is 2.89. The molecule has 0 spiro atoms. The summed E-state index contributed by atoms with van der Waals surface area (Å²) < 4.78 is 10.1. The normalized spacial score (nSPS) is 13.2. The Morgan fingerprint density at radius 3 is 1.58 bits per heavy atom. The van der Waals surface area contributed by atoms with Crippen LogP contribution in [-0.4, -0.2) is 25.2 Å². The van der Waals surface area contributed by atoms with Gasteiger partial charge in [0.25, 0.3) is 0 Å². The Kier molecular flexibility index (Phi) is 9.49. The molecule has 0 N–H and O–H groups in total. The number of rotatable bonds is 10. The maximum atomic E-state index is 11.0. The molecular weight excluding hydrogens is 244 g/mol. The van der Waals surface area contributed by atoms with Crippen LogP contribution < -0.4 is 0 Å². The molecule has 0 fully saturated rings. The van der Waals surface area contributed by atoms with E-state index in [0.717, 1.165) is 31.4 Å². The fraction of sp³-hybridized carbons (Fsp3) is 0.600. The van der Waals surface area contributed by atoms with Gasteiger partial charge < -0.3 is 9.47 Å². The summed E-state index contributed by atoms with van der Waals surface area (Å²) in [6, 6.07) is 0. The summed E-state index contributed by atoms with van der Waals surface area (Å²) >= 11 is 0. The van der Waals surface area contributed by atoms with Gasteiger partial charge in [0.05, 0.1) is 13.2 Å². The van der Waals surface area contributed by atoms with Crippen LogP contribution in [0, 0.1) is 11.8 Å². The van der Waals surface area contributed by atoms with E-state index in [0.29, 0.717) is 13.2 Å². The number of hydrogen-bond donors (Lipinski definition) is 0. The minimum atomic E-state index is -0.399. The van der Waals surface area contributed by atoms with Crippen molar-refractivity contribution in [2.75, 3.05) is 13.2 Å². The van der Waals surface area contributed by atoms with Gasteiger partial charge in [-0.2, -0.15) is 0 Å². The summed E-state index contributed by atoms with van der Waals surface area (Å²) in [6.07, 6.45) is 5.01. The molecular formula is C15H24O4. The number of carbonyl (C=O) groups is 2. The molecule has 4 nitrogen and oxygen atoms in total. The molecule has 19 heavy (non-hydrogen) atoms. The Labute approximate surface area is 115 Å². The molecule has 0 aliphatic heterocycles. The number of esters is 2. The van der Waals surface area contributed by atoms with Gasteiger partial charge in [-0.15, -0.1) is 0 Å². The highest BCUT2D eigenvalue weighted by Crippen LogP contribution is 2.19. The molecule has 0 radical (unpaired) electrons. The van der Waals surface area contributed by atoms with E-state index in [2.05, 4.69) is 27.0 Å². The van der Waals surface area contributed by atoms with Crippen LogP contribution in [-0.2, 0) is 19.1 Å². The van der Waals surface area contributed by atoms with E-state index in [9.17, 15) is 9.59 Å². The summed E-state index contributed by atoms with van der Waals surface area (Å²) in [5, 5.41) is 0. The number of hydrogen-bond acceptors (Lipinski definition) is 4. The van der Waals surface area contributed by atoms with E-state index in [4.69, 9.17) is 9.47 Å². The first-order valence-corrected chi connectivity index (χ1v) is 6.65. The van der Waals surface area contributed by atoms with Crippen molar-refractivity contribution in [3.05, 3.63) is 25.3 Å². The molecule has 4 heteroatoms. The number of ether oxygens (including phenoxy) is 2. The minimum absolute atomic E-state index is 0.274. The second-order valence-electron chi connectivity index (χ2n) is 4.45. The molecule has 0 amide bonds. The van der Waals surface area contributed by atoms with Gasteiger partial charge in [0.1, 0.15) is 0 Å². The standard InChI is InChI=1S/C15H24O4/c1-5-12(10-18-14(16)7-3)9-13(6-2)11-19-15(17)8-4/h7-8,12-13H,3-6,9-11H2,1-2H3. The third kappa shape index (κ3) is 8.19. The molecule has 0 rings (SSSR count). The summed E-state index contributed by atoms with van der Waals surface area (Å²) in [7, 11) is 0. The largest absolute Gasteiger partial charge is 0.462 e. The van der Waals surface area contributed by atoms with Crippen molar-refractivity contribution in [3.8, 4) is 0 Å². The van der Waals surface area contributed by atoms with Crippen molar-refractivity contribution in [2.24, 2.45) is 11.8 Å². The fourth-order valence-corrected chi connectivity index (χ4v) is 1.69. The Hall–Kier alpha value is -1.58. The smallest absolute Gasteiger partial charge is 0.330 e. The van der Waals surface area contributed by atoms with Crippen LogP contribution in [0.4, 0.5) is 0 Å². The van der Waals surface area contributed by atoms with E-state index in [1.807, 2.05) is 0 Å². The van der Waals surface area contributed by atoms with Crippen LogP contribution in [0.5, 0.6) is 0 Å². The summed E-state index contributed by atoms with van der Waals surface area (Å²) in [5.74, 6) is -0.248. The SMILES string of the molecule is C=CC(=O)OCC(CC)CC(CC)COC(=O)C=C. The maximum absolute atomic E-state index is 11.0. The highest BCUT2D eigenvalue weighted by Gasteiger charge is 2.16. The van der Waals surface area contributed by atoms with Gasteiger partial charge in [-0.1, -0.05) is 39.8 Å². The quantitative estimate of drug-likeness (QED) is 0.451. The third-order valence-corrected chi connectivity index (χ3v) is 3.08. The van der Waals surface area contributed by atoms with Crippen molar-refractivity contribution in [1.29, 1.82) is 0 Å². The van der Waals surface area contributed by atoms with Crippen LogP contribution >= 0.6 is 0 Å². The highest BCUT2D eigenvalue weighted by molar-refractivity contribution is 5.81. The zero-order valence-electron chi connectivity index (χ0n) is 11.9. The monoisotopic (exact) mass is 268 g/mol. The van der Waals surface area contributed by atoms with Gasteiger partial charge in [0, 0.05) is 12.2 Å². The minimum Gasteiger partial charge on any atom is -0.462 e. The maximum Gasteiger partial charge on any atom is 0.330 e. The zero-order chi connectivity index (χ0) is 14.7. The van der Waals surface area contributed by atoms with Gasteiger partial charge in [-0.25, -0.2) is 9.59 Å². The Morgan fingerprint density at radius 2 is 1.32 bits per heavy atom. The first-order chi connectivity index (χ1) is 9.07. The Balaban J connectivity index is 4.15. The number of carbonyl (C=O) groups excluding carboxylic acids is 2. The lowest BCUT2D eigenvalue weighted by molar-refractivity contribution is -0.139. The predicted molar refractivity (Wildman–Crippen MR) is 74.5 cm³/mol. The van der Waals surface area contributed by atoms with E-state index in [-0.39, 0.29) is 11.8 Å². The second-order valence-corrected chi connectivity index (χ2v) is 4.45. The van der Waals surface area contributed by atoms with Crippen LogP contribution in [0.15, 0.2) is 25.3 Å². The van der Waals surface area contributed by atoms with Crippen molar-refractivity contribution in [2.45, 2.75) is 33.1 Å². The highest BCUT2D eigenvalue weighted by atomic mass is 16.5. The average Bonchev–Trinajstić information content (AvgIpc) is 2.45. The first-order valence-electron chi connectivity index (χ1n) is 6.65.